The molecule has 1 fully saturated rings. The minimum Gasteiger partial charge on any atom is -0.337 e. The van der Waals surface area contributed by atoms with Crippen molar-refractivity contribution in [2.75, 3.05) is 0 Å². The van der Waals surface area contributed by atoms with Crippen LogP contribution < -0.4 is 0 Å². The zero-order valence-electron chi connectivity index (χ0n) is 13.4. The summed E-state index contributed by atoms with van der Waals surface area (Å²) in [7, 11) is 0. The predicted octanol–water partition coefficient (Wildman–Crippen LogP) is 4.36. The molecule has 0 saturated carbocycles. The summed E-state index contributed by atoms with van der Waals surface area (Å²) < 4.78 is 6.48. The Morgan fingerprint density at radius 2 is 2.00 bits per heavy atom. The molecule has 1 aliphatic heterocycles. The van der Waals surface area contributed by atoms with Crippen LogP contribution in [-0.4, -0.2) is 20.9 Å². The van der Waals surface area contributed by atoms with Gasteiger partial charge in [0.15, 0.2) is 0 Å². The molecule has 1 aromatic heterocycles. The quantitative estimate of drug-likeness (QED) is 0.655. The van der Waals surface area contributed by atoms with Crippen LogP contribution in [0.25, 0.3) is 11.4 Å². The molecule has 0 spiro atoms. The highest BCUT2D eigenvalue weighted by Gasteiger charge is 2.36. The van der Waals surface area contributed by atoms with Crippen LogP contribution >= 0.6 is 15.9 Å². The van der Waals surface area contributed by atoms with Gasteiger partial charge in [0.25, 0.3) is 0 Å². The van der Waals surface area contributed by atoms with Crippen molar-refractivity contribution in [1.82, 2.24) is 15.0 Å². The maximum absolute atomic E-state index is 12.3. The van der Waals surface area contributed by atoms with Gasteiger partial charge in [0.05, 0.1) is 0 Å². The molecule has 0 N–H and O–H groups in total. The van der Waals surface area contributed by atoms with E-state index in [0.717, 1.165) is 15.6 Å². The molecule has 1 unspecified atom stereocenters. The molecule has 25 heavy (non-hydrogen) atoms. The lowest BCUT2D eigenvalue weighted by Gasteiger charge is -2.22. The molecule has 2 aromatic carbocycles. The number of amides is 1. The number of carbonyl (C=O) groups is 1. The number of carbonyl (C=O) groups excluding carboxylic acids is 1. The second-order valence-corrected chi connectivity index (χ2v) is 6.94. The van der Waals surface area contributed by atoms with Crippen LogP contribution in [0.2, 0.25) is 0 Å². The van der Waals surface area contributed by atoms with E-state index in [1.165, 1.54) is 0 Å². The highest BCUT2D eigenvalue weighted by molar-refractivity contribution is 9.10. The van der Waals surface area contributed by atoms with Crippen molar-refractivity contribution in [3.8, 4) is 11.4 Å². The Labute approximate surface area is 153 Å². The molecule has 1 saturated heterocycles. The van der Waals surface area contributed by atoms with Crippen LogP contribution in [0.5, 0.6) is 0 Å². The fraction of sp³-hybridized carbons (Fsp3) is 0.211. The number of hydrogen-bond acceptors (Lipinski definition) is 4. The van der Waals surface area contributed by atoms with Crippen LogP contribution in [0.15, 0.2) is 63.6 Å². The summed E-state index contributed by atoms with van der Waals surface area (Å²) in [4.78, 5) is 18.7. The number of nitrogens with zero attached hydrogens (tertiary/aromatic N) is 3. The van der Waals surface area contributed by atoms with Crippen LogP contribution in [-0.2, 0) is 11.3 Å². The van der Waals surface area contributed by atoms with Gasteiger partial charge in [-0.25, -0.2) is 0 Å². The molecule has 1 amide bonds. The third-order valence-corrected chi connectivity index (χ3v) is 4.82. The van der Waals surface area contributed by atoms with E-state index < -0.39 is 0 Å². The molecule has 5 nitrogen and oxygen atoms in total. The average molecular weight is 398 g/mol. The fourth-order valence-electron chi connectivity index (χ4n) is 3.10. The Morgan fingerprint density at radius 3 is 2.80 bits per heavy atom. The maximum Gasteiger partial charge on any atom is 0.249 e. The summed E-state index contributed by atoms with van der Waals surface area (Å²) in [6.07, 6.45) is 1.20. The first kappa shape index (κ1) is 16.0. The van der Waals surface area contributed by atoms with Gasteiger partial charge in [-0.1, -0.05) is 63.6 Å². The molecule has 1 atom stereocenters. The van der Waals surface area contributed by atoms with Crippen molar-refractivity contribution < 1.29 is 9.32 Å². The summed E-state index contributed by atoms with van der Waals surface area (Å²) in [6.45, 7) is 0.534. The summed E-state index contributed by atoms with van der Waals surface area (Å²) in [6, 6.07) is 17.5. The van der Waals surface area contributed by atoms with Crippen LogP contribution in [0.4, 0.5) is 0 Å². The lowest BCUT2D eigenvalue weighted by Crippen LogP contribution is -2.27. The SMILES string of the molecule is O=C1CCC(c2nc(-c3ccccc3)no2)N1Cc1cccc(Br)c1. The zero-order valence-corrected chi connectivity index (χ0v) is 15.0. The third kappa shape index (κ3) is 3.35. The molecule has 0 aliphatic carbocycles. The number of benzene rings is 2. The minimum atomic E-state index is -0.170. The van der Waals surface area contributed by atoms with Gasteiger partial charge in [-0.3, -0.25) is 4.79 Å². The van der Waals surface area contributed by atoms with Crippen LogP contribution in [0, 0.1) is 0 Å². The van der Waals surface area contributed by atoms with E-state index in [2.05, 4.69) is 26.1 Å². The lowest BCUT2D eigenvalue weighted by molar-refractivity contribution is -0.129. The first-order valence-electron chi connectivity index (χ1n) is 8.13. The first-order chi connectivity index (χ1) is 12.2. The lowest BCUT2D eigenvalue weighted by atomic mass is 10.2. The molecule has 2 heterocycles. The summed E-state index contributed by atoms with van der Waals surface area (Å²) >= 11 is 3.47. The first-order valence-corrected chi connectivity index (χ1v) is 8.93. The topological polar surface area (TPSA) is 59.2 Å². The van der Waals surface area contributed by atoms with Gasteiger partial charge in [0.2, 0.25) is 17.6 Å². The van der Waals surface area contributed by atoms with Crippen molar-refractivity contribution in [3.05, 3.63) is 70.5 Å². The minimum absolute atomic E-state index is 0.115. The van der Waals surface area contributed by atoms with Crippen molar-refractivity contribution in [1.29, 1.82) is 0 Å². The Morgan fingerprint density at radius 1 is 1.16 bits per heavy atom. The maximum atomic E-state index is 12.3. The standard InChI is InChI=1S/C19H16BrN3O2/c20-15-8-4-5-13(11-15)12-23-16(9-10-17(23)24)19-21-18(22-25-19)14-6-2-1-3-7-14/h1-8,11,16H,9-10,12H2. The Kier molecular flexibility index (Phi) is 4.36. The van der Waals surface area contributed by atoms with E-state index in [1.54, 1.807) is 0 Å². The van der Waals surface area contributed by atoms with Gasteiger partial charge in [0, 0.05) is 23.0 Å². The molecule has 3 aromatic rings. The van der Waals surface area contributed by atoms with E-state index in [0.29, 0.717) is 31.1 Å². The molecular weight excluding hydrogens is 382 g/mol. The Hall–Kier alpha value is -2.47. The van der Waals surface area contributed by atoms with E-state index in [9.17, 15) is 4.79 Å². The fourth-order valence-corrected chi connectivity index (χ4v) is 3.54. The Bertz CT molecular complexity index is 894. The number of likely N-dealkylation sites (tertiary alicyclic amines) is 1. The number of rotatable bonds is 4. The van der Waals surface area contributed by atoms with Crippen molar-refractivity contribution in [2.45, 2.75) is 25.4 Å². The van der Waals surface area contributed by atoms with E-state index in [-0.39, 0.29) is 11.9 Å². The summed E-state index contributed by atoms with van der Waals surface area (Å²) in [5.41, 5.74) is 1.97. The molecule has 6 heteroatoms. The van der Waals surface area contributed by atoms with Crippen molar-refractivity contribution >= 4 is 21.8 Å². The monoisotopic (exact) mass is 397 g/mol. The summed E-state index contributed by atoms with van der Waals surface area (Å²) in [5.74, 6) is 1.17. The molecule has 4 rings (SSSR count). The highest BCUT2D eigenvalue weighted by Crippen LogP contribution is 2.34. The van der Waals surface area contributed by atoms with Gasteiger partial charge in [-0.05, 0) is 24.1 Å². The predicted molar refractivity (Wildman–Crippen MR) is 96.4 cm³/mol. The van der Waals surface area contributed by atoms with E-state index >= 15 is 0 Å². The van der Waals surface area contributed by atoms with Crippen LogP contribution in [0.1, 0.15) is 30.3 Å². The number of hydrogen-bond donors (Lipinski definition) is 0. The largest absolute Gasteiger partial charge is 0.337 e. The summed E-state index contributed by atoms with van der Waals surface area (Å²) in [5, 5.41) is 4.08. The van der Waals surface area contributed by atoms with E-state index in [4.69, 9.17) is 4.52 Å². The van der Waals surface area contributed by atoms with E-state index in [1.807, 2.05) is 59.5 Å². The van der Waals surface area contributed by atoms with Gasteiger partial charge < -0.3 is 9.42 Å². The molecule has 126 valence electrons. The second-order valence-electron chi connectivity index (χ2n) is 6.03. The highest BCUT2D eigenvalue weighted by atomic mass is 79.9. The Balaban J connectivity index is 1.59. The molecule has 1 aliphatic rings. The smallest absolute Gasteiger partial charge is 0.249 e. The van der Waals surface area contributed by atoms with Gasteiger partial charge in [0.1, 0.15) is 6.04 Å². The third-order valence-electron chi connectivity index (χ3n) is 4.33. The zero-order chi connectivity index (χ0) is 17.2. The van der Waals surface area contributed by atoms with Crippen molar-refractivity contribution in [2.24, 2.45) is 0 Å². The molecule has 0 radical (unpaired) electrons. The second kappa shape index (κ2) is 6.80. The normalized spacial score (nSPS) is 17.2. The number of halogens is 1. The molecular formula is C19H16BrN3O2. The van der Waals surface area contributed by atoms with Gasteiger partial charge >= 0.3 is 0 Å². The van der Waals surface area contributed by atoms with Gasteiger partial charge in [-0.15, -0.1) is 0 Å². The number of aromatic nitrogens is 2. The van der Waals surface area contributed by atoms with Gasteiger partial charge in [-0.2, -0.15) is 4.98 Å². The van der Waals surface area contributed by atoms with Crippen molar-refractivity contribution in [3.63, 3.8) is 0 Å². The average Bonchev–Trinajstić information content (AvgIpc) is 3.24. The molecule has 0 bridgehead atoms. The van der Waals surface area contributed by atoms with Crippen LogP contribution in [0.3, 0.4) is 0 Å².